The maximum atomic E-state index is 14.4. The van der Waals surface area contributed by atoms with Crippen LogP contribution < -0.4 is 4.74 Å². The van der Waals surface area contributed by atoms with Gasteiger partial charge in [-0.1, -0.05) is 18.0 Å². The van der Waals surface area contributed by atoms with Crippen LogP contribution in [0.4, 0.5) is 4.39 Å². The summed E-state index contributed by atoms with van der Waals surface area (Å²) in [6.45, 7) is 3.15. The van der Waals surface area contributed by atoms with Gasteiger partial charge in [0.1, 0.15) is 6.61 Å². The predicted octanol–water partition coefficient (Wildman–Crippen LogP) is 4.56. The molecule has 2 atom stereocenters. The number of benzene rings is 1. The summed E-state index contributed by atoms with van der Waals surface area (Å²) in [4.78, 5) is 21.9. The number of aromatic nitrogens is 1. The number of fused-ring (bicyclic) bond motifs is 3. The first-order valence-electron chi connectivity index (χ1n) is 11.6. The van der Waals surface area contributed by atoms with Crippen molar-refractivity contribution in [3.8, 4) is 5.75 Å². The number of methoxy groups -OCH3 is 1. The van der Waals surface area contributed by atoms with Gasteiger partial charge in [0.05, 0.1) is 22.9 Å². The molecule has 1 saturated heterocycles. The number of hydrogen-bond acceptors (Lipinski definition) is 5. The molecule has 2 bridgehead atoms. The smallest absolute Gasteiger partial charge is 0.254 e. The lowest BCUT2D eigenvalue weighted by atomic mass is 9.93. The van der Waals surface area contributed by atoms with E-state index in [-0.39, 0.29) is 23.8 Å². The van der Waals surface area contributed by atoms with Crippen LogP contribution in [0.15, 0.2) is 36.5 Å². The number of ether oxygens (including phenoxy) is 2. The van der Waals surface area contributed by atoms with Crippen LogP contribution in [0.1, 0.15) is 48.2 Å². The highest BCUT2D eigenvalue weighted by atomic mass is 35.5. The van der Waals surface area contributed by atoms with E-state index in [1.807, 2.05) is 17.0 Å². The van der Waals surface area contributed by atoms with Crippen LogP contribution in [0.2, 0.25) is 5.02 Å². The molecule has 0 unspecified atom stereocenters. The van der Waals surface area contributed by atoms with Crippen molar-refractivity contribution in [2.24, 2.45) is 0 Å². The summed E-state index contributed by atoms with van der Waals surface area (Å²) < 4.78 is 26.0. The molecule has 33 heavy (non-hydrogen) atoms. The SMILES string of the molecule is CO[C@@H]1CCCN2C(=O)c3ccc(F)c(c3)OCCN(Cc3ccc(Cl)cn3)CCCC[C@H]12. The van der Waals surface area contributed by atoms with Crippen molar-refractivity contribution in [3.63, 3.8) is 0 Å². The number of halogens is 2. The first-order chi connectivity index (χ1) is 16.0. The Balaban J connectivity index is 1.56. The molecular formula is C25H31ClFN3O3. The van der Waals surface area contributed by atoms with E-state index in [0.29, 0.717) is 36.8 Å². The quantitative estimate of drug-likeness (QED) is 0.651. The molecule has 2 aromatic rings. The molecule has 4 rings (SSSR count). The lowest BCUT2D eigenvalue weighted by Crippen LogP contribution is -2.51. The molecule has 1 aromatic heterocycles. The lowest BCUT2D eigenvalue weighted by molar-refractivity contribution is -0.0156. The Morgan fingerprint density at radius 1 is 1.15 bits per heavy atom. The third-order valence-electron chi connectivity index (χ3n) is 6.52. The fraction of sp³-hybridized carbons (Fsp3) is 0.520. The van der Waals surface area contributed by atoms with Crippen LogP contribution in [-0.2, 0) is 11.3 Å². The van der Waals surface area contributed by atoms with Crippen LogP contribution in [0.5, 0.6) is 5.75 Å². The maximum Gasteiger partial charge on any atom is 0.254 e. The molecular weight excluding hydrogens is 445 g/mol. The summed E-state index contributed by atoms with van der Waals surface area (Å²) in [6, 6.07) is 8.16. The van der Waals surface area contributed by atoms with Gasteiger partial charge in [-0.3, -0.25) is 14.7 Å². The molecule has 0 aliphatic carbocycles. The standard InChI is InChI=1S/C25H31ClFN3O3/c1-32-23-6-4-12-30-22(23)5-2-3-11-29(17-20-9-8-19(26)16-28-20)13-14-33-24-15-18(25(30)31)7-10-21(24)27/h7-10,15-16,22-23H,2-6,11-14,17H2,1H3/t22-,23-/m1/s1. The molecule has 0 N–H and O–H groups in total. The summed E-state index contributed by atoms with van der Waals surface area (Å²) in [5.41, 5.74) is 1.38. The van der Waals surface area contributed by atoms with E-state index in [4.69, 9.17) is 21.1 Å². The van der Waals surface area contributed by atoms with Crippen molar-refractivity contribution in [1.82, 2.24) is 14.8 Å². The van der Waals surface area contributed by atoms with E-state index in [2.05, 4.69) is 9.88 Å². The van der Waals surface area contributed by atoms with Crippen molar-refractivity contribution < 1.29 is 18.7 Å². The Morgan fingerprint density at radius 3 is 2.82 bits per heavy atom. The van der Waals surface area contributed by atoms with Gasteiger partial charge in [0.2, 0.25) is 0 Å². The van der Waals surface area contributed by atoms with E-state index < -0.39 is 5.82 Å². The summed E-state index contributed by atoms with van der Waals surface area (Å²) in [7, 11) is 1.72. The number of hydrogen-bond donors (Lipinski definition) is 0. The molecule has 178 valence electrons. The van der Waals surface area contributed by atoms with Gasteiger partial charge in [0.15, 0.2) is 11.6 Å². The molecule has 0 saturated carbocycles. The van der Waals surface area contributed by atoms with Crippen molar-refractivity contribution in [2.45, 2.75) is 50.8 Å². The highest BCUT2D eigenvalue weighted by molar-refractivity contribution is 6.30. The largest absolute Gasteiger partial charge is 0.489 e. The zero-order valence-corrected chi connectivity index (χ0v) is 19.8. The normalized spacial score (nSPS) is 22.9. The fourth-order valence-electron chi connectivity index (χ4n) is 4.78. The van der Waals surface area contributed by atoms with Crippen molar-refractivity contribution in [3.05, 3.63) is 58.6 Å². The predicted molar refractivity (Wildman–Crippen MR) is 125 cm³/mol. The number of rotatable bonds is 3. The molecule has 6 nitrogen and oxygen atoms in total. The van der Waals surface area contributed by atoms with Crippen LogP contribution in [0.3, 0.4) is 0 Å². The van der Waals surface area contributed by atoms with Gasteiger partial charge in [0.25, 0.3) is 5.91 Å². The molecule has 1 aromatic carbocycles. The minimum absolute atomic E-state index is 0.0139. The second-order valence-electron chi connectivity index (χ2n) is 8.72. The molecule has 3 heterocycles. The number of piperidine rings is 1. The van der Waals surface area contributed by atoms with E-state index in [9.17, 15) is 9.18 Å². The lowest BCUT2D eigenvalue weighted by Gasteiger charge is -2.41. The minimum Gasteiger partial charge on any atom is -0.489 e. The zero-order valence-electron chi connectivity index (χ0n) is 19.0. The number of carbonyl (C=O) groups excluding carboxylic acids is 1. The molecule has 2 aliphatic rings. The van der Waals surface area contributed by atoms with Crippen LogP contribution in [-0.4, -0.2) is 66.2 Å². The van der Waals surface area contributed by atoms with E-state index in [1.165, 1.54) is 12.1 Å². The average molecular weight is 476 g/mol. The number of carbonyl (C=O) groups is 1. The molecule has 8 heteroatoms. The highest BCUT2D eigenvalue weighted by Crippen LogP contribution is 2.28. The van der Waals surface area contributed by atoms with Crippen molar-refractivity contribution >= 4 is 17.5 Å². The van der Waals surface area contributed by atoms with Gasteiger partial charge >= 0.3 is 0 Å². The van der Waals surface area contributed by atoms with E-state index in [1.54, 1.807) is 19.4 Å². The fourth-order valence-corrected chi connectivity index (χ4v) is 4.89. The Kier molecular flexibility index (Phi) is 8.17. The third-order valence-corrected chi connectivity index (χ3v) is 6.75. The second kappa shape index (κ2) is 11.3. The Labute approximate surface area is 199 Å². The number of nitrogens with zero attached hydrogens (tertiary/aromatic N) is 3. The molecule has 0 spiro atoms. The van der Waals surface area contributed by atoms with Crippen molar-refractivity contribution in [1.29, 1.82) is 0 Å². The second-order valence-corrected chi connectivity index (χ2v) is 9.15. The summed E-state index contributed by atoms with van der Waals surface area (Å²) in [6.07, 6.45) is 6.34. The van der Waals surface area contributed by atoms with Crippen LogP contribution in [0.25, 0.3) is 0 Å². The Morgan fingerprint density at radius 2 is 2.03 bits per heavy atom. The van der Waals surface area contributed by atoms with E-state index in [0.717, 1.165) is 44.3 Å². The Bertz CT molecular complexity index is 943. The van der Waals surface area contributed by atoms with Crippen molar-refractivity contribution in [2.75, 3.05) is 33.4 Å². The van der Waals surface area contributed by atoms with Gasteiger partial charge in [-0.05, 0) is 62.6 Å². The topological polar surface area (TPSA) is 54.9 Å². The zero-order chi connectivity index (χ0) is 23.2. The van der Waals surface area contributed by atoms with Gasteiger partial charge in [-0.2, -0.15) is 0 Å². The maximum absolute atomic E-state index is 14.4. The monoisotopic (exact) mass is 475 g/mol. The Hall–Kier alpha value is -2.22. The van der Waals surface area contributed by atoms with Crippen LogP contribution in [0, 0.1) is 5.82 Å². The average Bonchev–Trinajstić information content (AvgIpc) is 2.83. The molecule has 1 fully saturated rings. The van der Waals surface area contributed by atoms with Crippen LogP contribution >= 0.6 is 11.6 Å². The highest BCUT2D eigenvalue weighted by Gasteiger charge is 2.34. The number of pyridine rings is 1. The third kappa shape index (κ3) is 6.02. The van der Waals surface area contributed by atoms with Gasteiger partial charge in [0, 0.05) is 38.5 Å². The van der Waals surface area contributed by atoms with E-state index >= 15 is 0 Å². The summed E-state index contributed by atoms with van der Waals surface area (Å²) >= 11 is 5.97. The molecule has 1 amide bonds. The van der Waals surface area contributed by atoms with Gasteiger partial charge in [-0.15, -0.1) is 0 Å². The first kappa shape index (κ1) is 23.9. The minimum atomic E-state index is -0.463. The number of amides is 1. The summed E-state index contributed by atoms with van der Waals surface area (Å²) in [5.74, 6) is -0.437. The summed E-state index contributed by atoms with van der Waals surface area (Å²) in [5, 5.41) is 0.609. The molecule has 2 aliphatic heterocycles. The first-order valence-corrected chi connectivity index (χ1v) is 12.0. The van der Waals surface area contributed by atoms with Gasteiger partial charge in [-0.25, -0.2) is 4.39 Å². The van der Waals surface area contributed by atoms with Gasteiger partial charge < -0.3 is 14.4 Å². The molecule has 0 radical (unpaired) electrons.